The van der Waals surface area contributed by atoms with Crippen LogP contribution in [0.1, 0.15) is 271 Å². The molecule has 0 heterocycles. The van der Waals surface area contributed by atoms with Crippen LogP contribution in [0.25, 0.3) is 0 Å². The molecule has 0 aliphatic heterocycles. The molecular weight excluding hydrogens is 987 g/mol. The second-order valence-electron chi connectivity index (χ2n) is 20.4. The van der Waals surface area contributed by atoms with Gasteiger partial charge in [0.2, 0.25) is 0 Å². The zero-order valence-electron chi connectivity index (χ0n) is 46.8. The number of esters is 2. The van der Waals surface area contributed by atoms with Crippen molar-refractivity contribution in [2.24, 2.45) is 0 Å². The van der Waals surface area contributed by atoms with Gasteiger partial charge in [-0.05, 0) is 44.9 Å². The number of carbonyl (C=O) groups excluding carboxylic acids is 2. The average molecular weight is 1100 g/mol. The molecule has 5 atom stereocenters. The number of aliphatic hydroxyl groups excluding tert-OH is 3. The summed E-state index contributed by atoms with van der Waals surface area (Å²) in [6.45, 7) is 0.472. The molecule has 0 aromatic carbocycles. The number of hydrogen-bond donors (Lipinski definition) is 5. The first kappa shape index (κ1) is 72.5. The lowest BCUT2D eigenvalue weighted by molar-refractivity contribution is -0.148. The molecule has 0 spiro atoms. The predicted octanol–water partition coefficient (Wildman–Crippen LogP) is 15.2. The lowest BCUT2D eigenvalue weighted by Crippen LogP contribution is -2.25. The molecule has 74 heavy (non-hydrogen) atoms. The lowest BCUT2D eigenvalue weighted by atomic mass is 10.0. The maximum absolute atomic E-state index is 12.2. The van der Waals surface area contributed by atoms with Gasteiger partial charge >= 0.3 is 27.6 Å². The highest BCUT2D eigenvalue weighted by atomic mass is 31.2. The van der Waals surface area contributed by atoms with Crippen LogP contribution in [0, 0.1) is 0 Å². The molecule has 438 valence electrons. The molecule has 0 aromatic rings. The van der Waals surface area contributed by atoms with Crippen LogP contribution in [0.5, 0.6) is 0 Å². The monoisotopic (exact) mass is 1100 g/mol. The van der Waals surface area contributed by atoms with E-state index in [9.17, 15) is 43.8 Å². The molecule has 0 saturated carbocycles. The molecule has 0 aliphatic carbocycles. The molecule has 17 heteroatoms. The molecule has 0 aromatic heterocycles. The number of phosphoric ester groups is 2. The fourth-order valence-electron chi connectivity index (χ4n) is 8.31. The summed E-state index contributed by atoms with van der Waals surface area (Å²) in [6, 6.07) is 0. The van der Waals surface area contributed by atoms with E-state index in [1.165, 1.54) is 180 Å². The molecule has 0 aliphatic rings. The SMILES string of the molecule is CCCCC/C=C\C/C=C\CCCCCCCCCCCCCC(=O)OCC(O)COP(=O)(O)OCC(O)COP(=O)(O)OCC(O)COC(=O)CCCCCCCCCCCCCCCCCCCCCCC. The van der Waals surface area contributed by atoms with Gasteiger partial charge in [-0.1, -0.05) is 237 Å². The van der Waals surface area contributed by atoms with Crippen LogP contribution < -0.4 is 0 Å². The summed E-state index contributed by atoms with van der Waals surface area (Å²) in [7, 11) is -9.58. The van der Waals surface area contributed by atoms with Gasteiger partial charge in [0.25, 0.3) is 0 Å². The summed E-state index contributed by atoms with van der Waals surface area (Å²) in [4.78, 5) is 44.0. The highest BCUT2D eigenvalue weighted by Crippen LogP contribution is 2.45. The van der Waals surface area contributed by atoms with Crippen molar-refractivity contribution >= 4 is 27.6 Å². The standard InChI is InChI=1S/C57H110O15P2/c1-3-5-7-9-11-13-15-17-19-21-23-25-27-29-31-33-35-37-39-41-43-45-56(61)67-47-53(58)49-69-73(63,64)71-51-55(60)52-72-74(65,66)70-50-54(59)48-68-57(62)46-44-42-40-38-36-34-32-30-28-26-24-22-20-18-16-14-12-10-8-6-4-2/h11,13,17,19,53-55,58-60H,3-10,12,14-16,18,20-52H2,1-2H3,(H,63,64)(H,65,66)/b13-11-,19-17-. The molecule has 0 saturated heterocycles. The van der Waals surface area contributed by atoms with Gasteiger partial charge in [-0.25, -0.2) is 9.13 Å². The molecular formula is C57H110O15P2. The summed E-state index contributed by atoms with van der Waals surface area (Å²) in [5.41, 5.74) is 0. The Kier molecular flexibility index (Phi) is 52.5. The minimum Gasteiger partial charge on any atom is -0.463 e. The van der Waals surface area contributed by atoms with E-state index in [-0.39, 0.29) is 12.8 Å². The van der Waals surface area contributed by atoms with E-state index in [4.69, 9.17) is 18.5 Å². The van der Waals surface area contributed by atoms with Crippen LogP contribution in [0.2, 0.25) is 0 Å². The Morgan fingerprint density at radius 3 is 0.878 bits per heavy atom. The molecule has 5 N–H and O–H groups in total. The number of hydrogen-bond acceptors (Lipinski definition) is 13. The number of carbonyl (C=O) groups is 2. The number of unbranched alkanes of at least 4 members (excludes halogenated alkanes) is 34. The van der Waals surface area contributed by atoms with Crippen molar-refractivity contribution in [1.82, 2.24) is 0 Å². The third-order valence-corrected chi connectivity index (χ3v) is 14.8. The van der Waals surface area contributed by atoms with Crippen molar-refractivity contribution in [1.29, 1.82) is 0 Å². The van der Waals surface area contributed by atoms with Crippen molar-refractivity contribution in [2.45, 2.75) is 289 Å². The fraction of sp³-hybridized carbons (Fsp3) is 0.895. The Labute approximate surface area is 450 Å². The minimum atomic E-state index is -4.79. The van der Waals surface area contributed by atoms with Gasteiger partial charge in [0, 0.05) is 12.8 Å². The molecule has 0 radical (unpaired) electrons. The molecule has 0 amide bonds. The molecule has 0 rings (SSSR count). The number of phosphoric acid groups is 2. The van der Waals surface area contributed by atoms with Gasteiger partial charge in [0.15, 0.2) is 0 Å². The fourth-order valence-corrected chi connectivity index (χ4v) is 9.90. The van der Waals surface area contributed by atoms with Crippen molar-refractivity contribution in [2.75, 3.05) is 39.6 Å². The number of allylic oxidation sites excluding steroid dienone is 4. The van der Waals surface area contributed by atoms with E-state index < -0.39 is 85.5 Å². The lowest BCUT2D eigenvalue weighted by Gasteiger charge is -2.19. The highest BCUT2D eigenvalue weighted by Gasteiger charge is 2.28. The van der Waals surface area contributed by atoms with Gasteiger partial charge in [-0.3, -0.25) is 27.7 Å². The third-order valence-electron chi connectivity index (χ3n) is 12.9. The van der Waals surface area contributed by atoms with Gasteiger partial charge in [-0.2, -0.15) is 0 Å². The Hall–Kier alpha value is -1.48. The largest absolute Gasteiger partial charge is 0.472 e. The van der Waals surface area contributed by atoms with Gasteiger partial charge in [0.05, 0.1) is 26.4 Å². The molecule has 15 nitrogen and oxygen atoms in total. The number of aliphatic hydroxyl groups is 3. The van der Waals surface area contributed by atoms with Crippen molar-refractivity contribution in [3.63, 3.8) is 0 Å². The molecule has 0 bridgehead atoms. The summed E-state index contributed by atoms with van der Waals surface area (Å²) >= 11 is 0. The molecule has 5 unspecified atom stereocenters. The van der Waals surface area contributed by atoms with Crippen LogP contribution in [0.4, 0.5) is 0 Å². The van der Waals surface area contributed by atoms with Crippen LogP contribution in [0.15, 0.2) is 24.3 Å². The number of rotatable bonds is 58. The molecule has 0 fully saturated rings. The first-order valence-corrected chi connectivity index (χ1v) is 32.7. The first-order chi connectivity index (χ1) is 35.8. The second-order valence-corrected chi connectivity index (χ2v) is 23.3. The van der Waals surface area contributed by atoms with Crippen LogP contribution in [-0.2, 0) is 46.3 Å². The van der Waals surface area contributed by atoms with E-state index >= 15 is 0 Å². The highest BCUT2D eigenvalue weighted by molar-refractivity contribution is 7.47. The smallest absolute Gasteiger partial charge is 0.463 e. The Morgan fingerprint density at radius 2 is 0.581 bits per heavy atom. The quantitative estimate of drug-likeness (QED) is 0.0165. The number of ether oxygens (including phenoxy) is 2. The van der Waals surface area contributed by atoms with Gasteiger partial charge in [-0.15, -0.1) is 0 Å². The predicted molar refractivity (Wildman–Crippen MR) is 298 cm³/mol. The van der Waals surface area contributed by atoms with E-state index in [1.54, 1.807) is 0 Å². The van der Waals surface area contributed by atoms with E-state index in [0.29, 0.717) is 12.8 Å². The van der Waals surface area contributed by atoms with Crippen molar-refractivity contribution in [3.05, 3.63) is 24.3 Å². The Bertz CT molecular complexity index is 1420. The van der Waals surface area contributed by atoms with E-state index in [1.807, 2.05) is 0 Å². The Balaban J connectivity index is 3.77. The topological polar surface area (TPSA) is 225 Å². The summed E-state index contributed by atoms with van der Waals surface area (Å²) in [6.07, 6.45) is 51.6. The van der Waals surface area contributed by atoms with Crippen LogP contribution in [-0.4, -0.2) is 95.0 Å². The summed E-state index contributed by atoms with van der Waals surface area (Å²) in [5, 5.41) is 30.2. The zero-order valence-corrected chi connectivity index (χ0v) is 48.6. The van der Waals surface area contributed by atoms with Gasteiger partial charge in [0.1, 0.15) is 31.5 Å². The average Bonchev–Trinajstić information content (AvgIpc) is 3.38. The van der Waals surface area contributed by atoms with E-state index in [2.05, 4.69) is 47.2 Å². The Morgan fingerprint density at radius 1 is 0.351 bits per heavy atom. The maximum Gasteiger partial charge on any atom is 0.472 e. The van der Waals surface area contributed by atoms with Crippen molar-refractivity contribution in [3.8, 4) is 0 Å². The first-order valence-electron chi connectivity index (χ1n) is 29.7. The zero-order chi connectivity index (χ0) is 54.5. The summed E-state index contributed by atoms with van der Waals surface area (Å²) < 4.78 is 53.3. The second kappa shape index (κ2) is 53.5. The van der Waals surface area contributed by atoms with Crippen molar-refractivity contribution < 1.29 is 71.4 Å². The third kappa shape index (κ3) is 55.3. The summed E-state index contributed by atoms with van der Waals surface area (Å²) in [5.74, 6) is -0.985. The van der Waals surface area contributed by atoms with Crippen LogP contribution in [0.3, 0.4) is 0 Å². The van der Waals surface area contributed by atoms with E-state index in [0.717, 1.165) is 51.4 Å². The maximum atomic E-state index is 12.2. The van der Waals surface area contributed by atoms with Gasteiger partial charge < -0.3 is 34.6 Å². The normalized spacial score (nSPS) is 14.9. The van der Waals surface area contributed by atoms with Crippen LogP contribution >= 0.6 is 15.6 Å². The minimum absolute atomic E-state index is 0.196.